The van der Waals surface area contributed by atoms with E-state index in [-0.39, 0.29) is 12.0 Å². The molecule has 146 valence electrons. The highest BCUT2D eigenvalue weighted by Gasteiger charge is 2.26. The van der Waals surface area contributed by atoms with Gasteiger partial charge in [-0.25, -0.2) is 0 Å². The molecule has 0 saturated heterocycles. The van der Waals surface area contributed by atoms with Crippen LogP contribution in [0.5, 0.6) is 5.75 Å². The number of hydrogen-bond acceptors (Lipinski definition) is 3. The van der Waals surface area contributed by atoms with Gasteiger partial charge < -0.3 is 20.7 Å². The number of aryl methyl sites for hydroxylation is 1. The monoisotopic (exact) mass is 362 g/mol. The van der Waals surface area contributed by atoms with Gasteiger partial charge >= 0.3 is 0 Å². The van der Waals surface area contributed by atoms with Crippen molar-refractivity contribution in [3.05, 3.63) is 29.8 Å². The summed E-state index contributed by atoms with van der Waals surface area (Å²) < 4.78 is 5.93. The molecule has 1 atom stereocenters. The Hall–Kier alpha value is -2.24. The van der Waals surface area contributed by atoms with Crippen molar-refractivity contribution in [3.8, 4) is 5.75 Å². The summed E-state index contributed by atoms with van der Waals surface area (Å²) in [5.41, 5.74) is 0.618. The van der Waals surface area contributed by atoms with Gasteiger partial charge in [0.15, 0.2) is 5.96 Å². The van der Waals surface area contributed by atoms with Crippen molar-refractivity contribution >= 4 is 11.9 Å². The molecular weight excluding hydrogens is 328 g/mol. The Balaban J connectivity index is 2.59. The molecule has 1 aromatic carbocycles. The van der Waals surface area contributed by atoms with Crippen LogP contribution in [0.3, 0.4) is 0 Å². The van der Waals surface area contributed by atoms with Gasteiger partial charge in [-0.1, -0.05) is 12.1 Å². The molecule has 0 fully saturated rings. The number of ether oxygens (including phenoxy) is 1. The predicted molar refractivity (Wildman–Crippen MR) is 108 cm³/mol. The van der Waals surface area contributed by atoms with Gasteiger partial charge in [-0.05, 0) is 59.2 Å². The first kappa shape index (κ1) is 21.8. The predicted octanol–water partition coefficient (Wildman–Crippen LogP) is 2.48. The zero-order valence-electron chi connectivity index (χ0n) is 17.0. The largest absolute Gasteiger partial charge is 0.489 e. The normalized spacial score (nSPS) is 13.1. The average molecular weight is 363 g/mol. The molecule has 0 aromatic heterocycles. The highest BCUT2D eigenvalue weighted by atomic mass is 16.5. The number of amides is 1. The molecule has 6 heteroatoms. The van der Waals surface area contributed by atoms with Gasteiger partial charge in [0.25, 0.3) is 0 Å². The lowest BCUT2D eigenvalue weighted by molar-refractivity contribution is -0.128. The van der Waals surface area contributed by atoms with Crippen molar-refractivity contribution in [1.82, 2.24) is 16.0 Å². The van der Waals surface area contributed by atoms with E-state index in [0.717, 1.165) is 12.3 Å². The maximum Gasteiger partial charge on any atom is 0.227 e. The fourth-order valence-electron chi connectivity index (χ4n) is 2.29. The molecule has 0 bridgehead atoms. The smallest absolute Gasteiger partial charge is 0.227 e. The van der Waals surface area contributed by atoms with Gasteiger partial charge in [-0.3, -0.25) is 9.79 Å². The molecule has 1 amide bonds. The minimum absolute atomic E-state index is 0.00995. The first-order valence-corrected chi connectivity index (χ1v) is 9.32. The van der Waals surface area contributed by atoms with Crippen LogP contribution in [-0.4, -0.2) is 44.1 Å². The van der Waals surface area contributed by atoms with Gasteiger partial charge in [0.1, 0.15) is 11.9 Å². The van der Waals surface area contributed by atoms with E-state index in [0.29, 0.717) is 25.6 Å². The summed E-state index contributed by atoms with van der Waals surface area (Å²) >= 11 is 0. The number of carbonyl (C=O) groups excluding carboxylic acids is 1. The second-order valence-corrected chi connectivity index (χ2v) is 7.06. The van der Waals surface area contributed by atoms with Gasteiger partial charge in [-0.2, -0.15) is 0 Å². The Kier molecular flexibility index (Phi) is 8.96. The van der Waals surface area contributed by atoms with Crippen LogP contribution < -0.4 is 20.7 Å². The standard InChI is InChI=1S/C20H34N4O2/c1-7-21-18(25)20(5,6)14-24-19(22-8-2)23-13-16(4)26-17-11-9-10-15(3)12-17/h9-12,16H,7-8,13-14H2,1-6H3,(H,21,25)(H2,22,23,24). The van der Waals surface area contributed by atoms with Crippen molar-refractivity contribution in [2.24, 2.45) is 10.4 Å². The molecule has 0 radical (unpaired) electrons. The molecule has 6 nitrogen and oxygen atoms in total. The molecule has 1 unspecified atom stereocenters. The van der Waals surface area contributed by atoms with E-state index >= 15 is 0 Å². The number of nitrogens with zero attached hydrogens (tertiary/aromatic N) is 1. The maximum atomic E-state index is 12.1. The van der Waals surface area contributed by atoms with E-state index in [9.17, 15) is 4.79 Å². The van der Waals surface area contributed by atoms with E-state index in [4.69, 9.17) is 4.74 Å². The van der Waals surface area contributed by atoms with Crippen molar-refractivity contribution in [2.45, 2.75) is 47.6 Å². The molecule has 26 heavy (non-hydrogen) atoms. The highest BCUT2D eigenvalue weighted by Crippen LogP contribution is 2.16. The van der Waals surface area contributed by atoms with Gasteiger partial charge in [0, 0.05) is 13.1 Å². The topological polar surface area (TPSA) is 74.8 Å². The van der Waals surface area contributed by atoms with Gasteiger partial charge in [0.2, 0.25) is 5.91 Å². The third-order valence-corrected chi connectivity index (χ3v) is 3.81. The van der Waals surface area contributed by atoms with Crippen molar-refractivity contribution in [3.63, 3.8) is 0 Å². The van der Waals surface area contributed by atoms with Crippen molar-refractivity contribution in [1.29, 1.82) is 0 Å². The zero-order chi connectivity index (χ0) is 19.6. The van der Waals surface area contributed by atoms with E-state index in [1.807, 2.05) is 65.8 Å². The number of guanidine groups is 1. The van der Waals surface area contributed by atoms with E-state index in [1.165, 1.54) is 5.56 Å². The summed E-state index contributed by atoms with van der Waals surface area (Å²) in [6.07, 6.45) is -0.0166. The summed E-state index contributed by atoms with van der Waals surface area (Å²) in [5.74, 6) is 1.55. The van der Waals surface area contributed by atoms with Crippen LogP contribution in [0.2, 0.25) is 0 Å². The molecule has 0 spiro atoms. The highest BCUT2D eigenvalue weighted by molar-refractivity contribution is 5.83. The van der Waals surface area contributed by atoms with E-state index in [2.05, 4.69) is 20.9 Å². The number of benzene rings is 1. The molecular formula is C20H34N4O2. The molecule has 1 rings (SSSR count). The van der Waals surface area contributed by atoms with Gasteiger partial charge in [0.05, 0.1) is 18.5 Å². The second kappa shape index (κ2) is 10.7. The molecule has 0 saturated carbocycles. The van der Waals surface area contributed by atoms with Crippen LogP contribution in [-0.2, 0) is 4.79 Å². The fourth-order valence-corrected chi connectivity index (χ4v) is 2.29. The summed E-state index contributed by atoms with van der Waals surface area (Å²) in [7, 11) is 0. The third kappa shape index (κ3) is 7.76. The van der Waals surface area contributed by atoms with Crippen LogP contribution in [0, 0.1) is 12.3 Å². The van der Waals surface area contributed by atoms with Crippen molar-refractivity contribution < 1.29 is 9.53 Å². The van der Waals surface area contributed by atoms with E-state index < -0.39 is 5.41 Å². The SMILES string of the molecule is CCNC(=O)C(C)(C)CN=C(NCC)NCC(C)Oc1cccc(C)c1. The Labute approximate surface area is 157 Å². The van der Waals surface area contributed by atoms with Crippen LogP contribution in [0.15, 0.2) is 29.3 Å². The second-order valence-electron chi connectivity index (χ2n) is 7.06. The lowest BCUT2D eigenvalue weighted by Crippen LogP contribution is -2.44. The Morgan fingerprint density at radius 1 is 1.19 bits per heavy atom. The van der Waals surface area contributed by atoms with Gasteiger partial charge in [-0.15, -0.1) is 0 Å². The summed E-state index contributed by atoms with van der Waals surface area (Å²) in [5, 5.41) is 9.34. The Morgan fingerprint density at radius 2 is 1.88 bits per heavy atom. The first-order valence-electron chi connectivity index (χ1n) is 9.32. The fraction of sp³-hybridized carbons (Fsp3) is 0.600. The minimum atomic E-state index is -0.554. The number of nitrogens with one attached hydrogen (secondary N) is 3. The van der Waals surface area contributed by atoms with Crippen LogP contribution >= 0.6 is 0 Å². The quantitative estimate of drug-likeness (QED) is 0.466. The summed E-state index contributed by atoms with van der Waals surface area (Å²) in [6, 6.07) is 8.00. The number of hydrogen-bond donors (Lipinski definition) is 3. The molecule has 3 N–H and O–H groups in total. The summed E-state index contributed by atoms with van der Waals surface area (Å²) in [4.78, 5) is 16.7. The molecule has 0 aliphatic carbocycles. The molecule has 1 aromatic rings. The first-order chi connectivity index (χ1) is 12.3. The number of carbonyl (C=O) groups is 1. The lowest BCUT2D eigenvalue weighted by atomic mass is 9.92. The van der Waals surface area contributed by atoms with Crippen molar-refractivity contribution in [2.75, 3.05) is 26.2 Å². The third-order valence-electron chi connectivity index (χ3n) is 3.81. The van der Waals surface area contributed by atoms with Crippen LogP contribution in [0.4, 0.5) is 0 Å². The Bertz CT molecular complexity index is 599. The maximum absolute atomic E-state index is 12.1. The van der Waals surface area contributed by atoms with Crippen LogP contribution in [0.1, 0.15) is 40.2 Å². The minimum Gasteiger partial charge on any atom is -0.489 e. The van der Waals surface area contributed by atoms with E-state index in [1.54, 1.807) is 0 Å². The molecule has 0 heterocycles. The zero-order valence-corrected chi connectivity index (χ0v) is 17.0. The number of rotatable bonds is 9. The molecule has 0 aliphatic rings. The van der Waals surface area contributed by atoms with Crippen LogP contribution in [0.25, 0.3) is 0 Å². The molecule has 0 aliphatic heterocycles. The lowest BCUT2D eigenvalue weighted by Gasteiger charge is -2.22. The summed E-state index contributed by atoms with van der Waals surface area (Å²) in [6.45, 7) is 14.2. The average Bonchev–Trinajstić information content (AvgIpc) is 2.57. The number of aliphatic imine (C=N–C) groups is 1. The Morgan fingerprint density at radius 3 is 2.50 bits per heavy atom.